The molecule has 8 rings (SSSR count). The average molecular weight is 1770 g/mol. The van der Waals surface area contributed by atoms with Crippen LogP contribution in [0.5, 0.6) is 5.75 Å². The van der Waals surface area contributed by atoms with Gasteiger partial charge in [-0.2, -0.15) is 0 Å². The summed E-state index contributed by atoms with van der Waals surface area (Å²) in [6.45, 7) is 5.54. The standard InChI is InChI=1S/C85H118N20O20S/c1-9-11-22-64-79(119)97-58(32-46(3)4)77(117)100-63(76(116)91-40-70(88)110)44-126-45-73(113)96-60(33-48-25-27-51(106)28-26-48)81(121)101(6)47(5)74(114)99-62(37-69(87)109)84(124)104-31-17-24-65(104)78(118)93-42-71(111)94-57(29-30-68(86)108)83(123)105-43-52(107)36-67(105)80(120)98-59(34-49-38-89-55-20-15-13-18-53(49)55)75(115)92-41-72(112)95-61(35-50-39-90-56-21-16-14-19-54(50)56)82(122)103(8)66(23-12-10-2)85(125)102(64)7/h13-16,18-21,25-28,38-39,46-47,52,57-67,89-90,106-107H,9-12,17,22-24,29-37,40-45H2,1-8H3,(H2,86,108)(H2,87,109)(H2,88,110)(H,91,116)(H,92,115)(H,93,118)(H,94,111)(H,95,112)(H,96,113)(H,97,119)(H,98,120)(H,99,114)(H,100,117)/t47-,52+,57-,58-,59-,60-,61-,62-,63-,64-,65-,66-,67-/m0/s1. The zero-order valence-corrected chi connectivity index (χ0v) is 72.9. The number of nitrogens with two attached hydrogens (primary N) is 3. The van der Waals surface area contributed by atoms with Crippen molar-refractivity contribution in [2.45, 2.75) is 216 Å². The van der Waals surface area contributed by atoms with E-state index < -0.39 is 243 Å². The first-order valence-electron chi connectivity index (χ1n) is 42.2. The number of phenols is 1. The molecule has 40 nitrogen and oxygen atoms in total. The fourth-order valence-electron chi connectivity index (χ4n) is 15.5. The molecule has 18 amide bonds. The van der Waals surface area contributed by atoms with Gasteiger partial charge in [-0.15, -0.1) is 11.8 Å². The van der Waals surface area contributed by atoms with Gasteiger partial charge in [0, 0.05) is 106 Å². The number of aliphatic hydroxyl groups is 1. The van der Waals surface area contributed by atoms with Gasteiger partial charge in [0.25, 0.3) is 0 Å². The van der Waals surface area contributed by atoms with Crippen molar-refractivity contribution < 1.29 is 96.5 Å². The number of unbranched alkanes of at least 4 members (excludes halogenated alkanes) is 2. The summed E-state index contributed by atoms with van der Waals surface area (Å²) in [6, 6.07) is 1.91. The van der Waals surface area contributed by atoms with E-state index in [1.165, 1.54) is 62.1 Å². The molecule has 3 saturated heterocycles. The molecule has 5 heterocycles. The van der Waals surface area contributed by atoms with Crippen LogP contribution in [0.25, 0.3) is 21.8 Å². The molecule has 3 aromatic carbocycles. The van der Waals surface area contributed by atoms with Crippen LogP contribution in [0.2, 0.25) is 0 Å². The number of amides is 18. The molecule has 3 aliphatic heterocycles. The van der Waals surface area contributed by atoms with Gasteiger partial charge in [0.05, 0.1) is 37.9 Å². The molecule has 3 aliphatic rings. The predicted molar refractivity (Wildman–Crippen MR) is 462 cm³/mol. The molecule has 684 valence electrons. The number of carbonyl (C=O) groups excluding carboxylic acids is 18. The van der Waals surface area contributed by atoms with Crippen molar-refractivity contribution in [1.29, 1.82) is 0 Å². The number of primary amides is 3. The molecule has 0 unspecified atom stereocenters. The Bertz CT molecular complexity index is 4790. The third-order valence-corrected chi connectivity index (χ3v) is 23.5. The van der Waals surface area contributed by atoms with Gasteiger partial charge in [-0.25, -0.2) is 0 Å². The summed E-state index contributed by atoms with van der Waals surface area (Å²) in [4.78, 5) is 269. The van der Waals surface area contributed by atoms with E-state index >= 15 is 14.4 Å². The molecule has 126 heavy (non-hydrogen) atoms. The minimum absolute atomic E-state index is 0.00387. The lowest BCUT2D eigenvalue weighted by molar-refractivity contribution is -0.149. The monoisotopic (exact) mass is 1770 g/mol. The Labute approximate surface area is 732 Å². The summed E-state index contributed by atoms with van der Waals surface area (Å²) in [5.74, 6) is -17.8. The lowest BCUT2D eigenvalue weighted by atomic mass is 9.99. The Morgan fingerprint density at radius 1 is 0.532 bits per heavy atom. The second-order valence-corrected chi connectivity index (χ2v) is 33.5. The number of phenolic OH excluding ortho intramolecular Hbond substituents is 1. The molecule has 0 saturated carbocycles. The van der Waals surface area contributed by atoms with Gasteiger partial charge in [-0.1, -0.05) is 102 Å². The number of hydrogen-bond acceptors (Lipinski definition) is 21. The lowest BCUT2D eigenvalue weighted by Gasteiger charge is -2.36. The van der Waals surface area contributed by atoms with Crippen LogP contribution in [0.4, 0.5) is 0 Å². The number of rotatable bonds is 22. The smallest absolute Gasteiger partial charge is 0.246 e. The van der Waals surface area contributed by atoms with Crippen molar-refractivity contribution >= 4 is 140 Å². The second kappa shape index (κ2) is 46.9. The summed E-state index contributed by atoms with van der Waals surface area (Å²) in [5, 5.41) is 48.6. The molecule has 2 aromatic heterocycles. The van der Waals surface area contributed by atoms with E-state index in [1.807, 2.05) is 13.8 Å². The third-order valence-electron chi connectivity index (χ3n) is 22.5. The van der Waals surface area contributed by atoms with Gasteiger partial charge in [0.2, 0.25) is 106 Å². The highest BCUT2D eigenvalue weighted by Gasteiger charge is 2.46. The van der Waals surface area contributed by atoms with Crippen LogP contribution in [0.15, 0.2) is 85.2 Å². The van der Waals surface area contributed by atoms with Crippen LogP contribution in [0, 0.1) is 5.92 Å². The average Bonchev–Trinajstić information content (AvgIpc) is 1.53. The van der Waals surface area contributed by atoms with E-state index in [0.29, 0.717) is 64.2 Å². The minimum Gasteiger partial charge on any atom is -0.508 e. The van der Waals surface area contributed by atoms with E-state index in [9.17, 15) is 82.1 Å². The maximum atomic E-state index is 15.5. The van der Waals surface area contributed by atoms with Crippen molar-refractivity contribution in [2.75, 3.05) is 65.4 Å². The summed E-state index contributed by atoms with van der Waals surface area (Å²) in [5.41, 5.74) is 19.4. The van der Waals surface area contributed by atoms with Crippen LogP contribution in [-0.2, 0) is 106 Å². The molecule has 0 bridgehead atoms. The Balaban J connectivity index is 1.15. The number of aliphatic hydroxyl groups excluding tert-OH is 1. The first kappa shape index (κ1) is 98.7. The van der Waals surface area contributed by atoms with Crippen LogP contribution in [0.3, 0.4) is 0 Å². The highest BCUT2D eigenvalue weighted by atomic mass is 32.2. The van der Waals surface area contributed by atoms with Gasteiger partial charge in [0.15, 0.2) is 0 Å². The first-order valence-corrected chi connectivity index (χ1v) is 43.4. The molecule has 3 fully saturated rings. The number of para-hydroxylation sites is 2. The number of benzene rings is 3. The maximum absolute atomic E-state index is 15.5. The predicted octanol–water partition coefficient (Wildman–Crippen LogP) is -2.62. The summed E-state index contributed by atoms with van der Waals surface area (Å²) < 4.78 is 0. The number of aromatic nitrogens is 2. The normalized spacial score (nSPS) is 24.5. The number of nitrogens with one attached hydrogen (secondary N) is 12. The SMILES string of the molecule is CCCC[C@H]1C(=O)N(C)[C@@H](CCCC)C(=O)N[C@@H](CC(C)C)C(=O)N[C@H](C(=O)NCC(N)=O)CSCC(=O)N[C@@H](Cc2ccc(O)cc2)C(=O)N(C)[C@@H](C)C(=O)N[C@@H](CC(N)=O)C(=O)N2CCC[C@H]2C(=O)NCC(=O)N[C@@H](CCC(N)=O)C(=O)N2C[C@H](O)C[C@H]2C(=O)N[C@@H](Cc2c[nH]c3ccccc23)C(=O)NCC(=O)N[C@@H](Cc2c[nH]c3ccccc23)C(=O)N1C. The Kier molecular flexibility index (Phi) is 36.7. The van der Waals surface area contributed by atoms with Gasteiger partial charge < -0.3 is 115 Å². The van der Waals surface area contributed by atoms with Gasteiger partial charge in [-0.3, -0.25) is 86.3 Å². The van der Waals surface area contributed by atoms with E-state index in [-0.39, 0.29) is 75.3 Å². The van der Waals surface area contributed by atoms with Gasteiger partial charge in [-0.05, 0) is 92.3 Å². The summed E-state index contributed by atoms with van der Waals surface area (Å²) in [6.07, 6.45) is 1.10. The summed E-state index contributed by atoms with van der Waals surface area (Å²) >= 11 is 0.797. The van der Waals surface area contributed by atoms with Crippen LogP contribution in [-0.4, -0.2) is 295 Å². The number of aromatic hydroxyl groups is 1. The fourth-order valence-corrected chi connectivity index (χ4v) is 16.4. The number of likely N-dealkylation sites (N-methyl/N-ethyl adjacent to an activating group) is 3. The number of H-pyrrole nitrogens is 2. The van der Waals surface area contributed by atoms with E-state index in [2.05, 4.69) is 63.1 Å². The second-order valence-electron chi connectivity index (χ2n) is 32.5. The Morgan fingerprint density at radius 2 is 1.07 bits per heavy atom. The molecule has 0 radical (unpaired) electrons. The molecule has 0 spiro atoms. The van der Waals surface area contributed by atoms with Crippen molar-refractivity contribution in [1.82, 2.24) is 87.6 Å². The number of hydrogen-bond donors (Lipinski definition) is 17. The van der Waals surface area contributed by atoms with Crippen LogP contribution < -0.4 is 70.4 Å². The van der Waals surface area contributed by atoms with Crippen molar-refractivity contribution in [3.8, 4) is 5.75 Å². The summed E-state index contributed by atoms with van der Waals surface area (Å²) in [7, 11) is 3.99. The molecule has 20 N–H and O–H groups in total. The minimum atomic E-state index is -1.76. The molecule has 0 aliphatic carbocycles. The third kappa shape index (κ3) is 27.7. The zero-order chi connectivity index (χ0) is 92.3. The van der Waals surface area contributed by atoms with E-state index in [1.54, 1.807) is 74.8 Å². The van der Waals surface area contributed by atoms with Crippen LogP contribution in [0.1, 0.15) is 135 Å². The molecule has 13 atom stereocenters. The number of aromatic amines is 2. The molecular weight excluding hydrogens is 1650 g/mol. The van der Waals surface area contributed by atoms with Crippen LogP contribution >= 0.6 is 11.8 Å². The highest BCUT2D eigenvalue weighted by Crippen LogP contribution is 2.27. The Hall–Kier alpha value is -12.7. The first-order chi connectivity index (χ1) is 59.9. The van der Waals surface area contributed by atoms with Gasteiger partial charge in [0.1, 0.15) is 78.3 Å². The number of carbonyl (C=O) groups is 18. The molecule has 41 heteroatoms. The Morgan fingerprint density at radius 3 is 1.67 bits per heavy atom. The number of nitrogens with zero attached hydrogens (tertiary/aromatic N) is 5. The maximum Gasteiger partial charge on any atom is 0.246 e. The van der Waals surface area contributed by atoms with Gasteiger partial charge >= 0.3 is 0 Å². The fraction of sp³-hybridized carbons (Fsp3) is 0.529. The molecular formula is C85H118N20O20S. The van der Waals surface area contributed by atoms with Crippen molar-refractivity contribution in [3.05, 3.63) is 102 Å². The van der Waals surface area contributed by atoms with E-state index in [0.717, 1.165) is 26.5 Å². The zero-order valence-electron chi connectivity index (χ0n) is 72.0. The van der Waals surface area contributed by atoms with Crippen molar-refractivity contribution in [2.24, 2.45) is 23.1 Å². The quantitative estimate of drug-likeness (QED) is 0.0337. The van der Waals surface area contributed by atoms with E-state index in [4.69, 9.17) is 17.2 Å². The topological polar surface area (TPSA) is 594 Å². The number of fused-ring (bicyclic) bond motifs is 4. The lowest BCUT2D eigenvalue weighted by Crippen LogP contribution is -2.60. The largest absolute Gasteiger partial charge is 0.508 e. The highest BCUT2D eigenvalue weighted by molar-refractivity contribution is 8.00. The molecule has 5 aromatic rings. The number of thioether (sulfide) groups is 1. The van der Waals surface area contributed by atoms with Crippen molar-refractivity contribution in [3.63, 3.8) is 0 Å².